The molecule has 5 heteroatoms. The van der Waals surface area contributed by atoms with Crippen LogP contribution in [0.5, 0.6) is 0 Å². The molecule has 0 saturated carbocycles. The molecule has 0 saturated heterocycles. The van der Waals surface area contributed by atoms with Gasteiger partial charge in [0.05, 0.1) is 11.0 Å². The van der Waals surface area contributed by atoms with Gasteiger partial charge in [-0.05, 0) is 74.8 Å². The lowest BCUT2D eigenvalue weighted by Crippen LogP contribution is -2.12. The van der Waals surface area contributed by atoms with Crippen LogP contribution in [-0.2, 0) is 12.8 Å². The highest BCUT2D eigenvalue weighted by atomic mass is 32.1. The van der Waals surface area contributed by atoms with E-state index >= 15 is 0 Å². The van der Waals surface area contributed by atoms with Crippen molar-refractivity contribution in [2.45, 2.75) is 46.5 Å². The zero-order valence-corrected chi connectivity index (χ0v) is 16.6. The summed E-state index contributed by atoms with van der Waals surface area (Å²) >= 11 is 1.60. The average molecular weight is 375 g/mol. The third-order valence-corrected chi connectivity index (χ3v) is 6.41. The molecule has 0 amide bonds. The first-order chi connectivity index (χ1) is 13.0. The SMILES string of the molecule is Cc1cc(C)c(/C=C(\C#N)c2nc3sc4c(c3c(=O)[nH]2)CCCC4)c(C)c1. The van der Waals surface area contributed by atoms with Crippen LogP contribution in [0, 0.1) is 32.1 Å². The molecule has 0 unspecified atom stereocenters. The summed E-state index contributed by atoms with van der Waals surface area (Å²) in [6, 6.07) is 6.42. The zero-order valence-electron chi connectivity index (χ0n) is 15.8. The summed E-state index contributed by atoms with van der Waals surface area (Å²) in [7, 11) is 0. The standard InChI is InChI=1S/C22H21N3OS/c1-12-8-13(2)17(14(3)9-12)10-15(11-23)20-24-21(26)19-16-6-4-5-7-18(16)27-22(19)25-20/h8-10H,4-7H2,1-3H3,(H,24,25,26)/b15-10+. The van der Waals surface area contributed by atoms with Crippen molar-refractivity contribution in [1.29, 1.82) is 5.26 Å². The number of nitrogens with one attached hydrogen (secondary N) is 1. The molecule has 2 aromatic heterocycles. The van der Waals surface area contributed by atoms with E-state index < -0.39 is 0 Å². The highest BCUT2D eigenvalue weighted by Crippen LogP contribution is 2.34. The van der Waals surface area contributed by atoms with Gasteiger partial charge in [-0.25, -0.2) is 4.98 Å². The molecule has 136 valence electrons. The van der Waals surface area contributed by atoms with E-state index in [4.69, 9.17) is 0 Å². The molecule has 2 heterocycles. The number of aryl methyl sites for hydroxylation is 5. The normalized spacial score (nSPS) is 14.2. The fraction of sp³-hybridized carbons (Fsp3) is 0.318. The molecule has 4 rings (SSSR count). The van der Waals surface area contributed by atoms with Crippen LogP contribution in [0.4, 0.5) is 0 Å². The Bertz CT molecular complexity index is 1170. The number of aromatic amines is 1. The van der Waals surface area contributed by atoms with E-state index in [0.29, 0.717) is 11.4 Å². The molecular weight excluding hydrogens is 354 g/mol. The van der Waals surface area contributed by atoms with E-state index in [1.807, 2.05) is 19.9 Å². The van der Waals surface area contributed by atoms with Crippen LogP contribution in [-0.4, -0.2) is 9.97 Å². The number of nitrogens with zero attached hydrogens (tertiary/aromatic N) is 2. The lowest BCUT2D eigenvalue weighted by molar-refractivity contribution is 0.700. The monoisotopic (exact) mass is 375 g/mol. The van der Waals surface area contributed by atoms with Crippen LogP contribution >= 0.6 is 11.3 Å². The molecule has 0 bridgehead atoms. The Hall–Kier alpha value is -2.71. The number of allylic oxidation sites excluding steroid dienone is 1. The molecule has 0 spiro atoms. The Balaban J connectivity index is 1.88. The number of benzene rings is 1. The Kier molecular flexibility index (Phi) is 4.45. The Morgan fingerprint density at radius 2 is 1.93 bits per heavy atom. The fourth-order valence-electron chi connectivity index (χ4n) is 4.01. The second kappa shape index (κ2) is 6.79. The van der Waals surface area contributed by atoms with Crippen LogP contribution in [0.2, 0.25) is 0 Å². The van der Waals surface area contributed by atoms with E-state index in [1.165, 1.54) is 16.9 Å². The quantitative estimate of drug-likeness (QED) is 0.651. The largest absolute Gasteiger partial charge is 0.305 e. The van der Waals surface area contributed by atoms with Crippen molar-refractivity contribution in [3.05, 3.63) is 61.0 Å². The fourth-order valence-corrected chi connectivity index (χ4v) is 5.27. The minimum absolute atomic E-state index is 0.132. The summed E-state index contributed by atoms with van der Waals surface area (Å²) in [6.07, 6.45) is 6.09. The number of hydrogen-bond acceptors (Lipinski definition) is 4. The van der Waals surface area contributed by atoms with Crippen LogP contribution < -0.4 is 5.56 Å². The molecular formula is C22H21N3OS. The second-order valence-corrected chi connectivity index (χ2v) is 8.37. The van der Waals surface area contributed by atoms with Crippen molar-refractivity contribution in [1.82, 2.24) is 9.97 Å². The van der Waals surface area contributed by atoms with Crippen molar-refractivity contribution < 1.29 is 0 Å². The lowest BCUT2D eigenvalue weighted by atomic mass is 9.97. The number of H-pyrrole nitrogens is 1. The zero-order chi connectivity index (χ0) is 19.1. The first-order valence-corrected chi connectivity index (χ1v) is 10.0. The number of fused-ring (bicyclic) bond motifs is 3. The van der Waals surface area contributed by atoms with Gasteiger partial charge in [-0.15, -0.1) is 11.3 Å². The number of aromatic nitrogens is 2. The summed E-state index contributed by atoms with van der Waals surface area (Å²) in [5.74, 6) is 0.355. The van der Waals surface area contributed by atoms with Gasteiger partial charge in [-0.3, -0.25) is 4.79 Å². The lowest BCUT2D eigenvalue weighted by Gasteiger charge is -2.09. The van der Waals surface area contributed by atoms with Crippen LogP contribution in [0.1, 0.15) is 51.4 Å². The first-order valence-electron chi connectivity index (χ1n) is 9.22. The van der Waals surface area contributed by atoms with Gasteiger partial charge in [0.25, 0.3) is 5.56 Å². The maximum atomic E-state index is 12.8. The smallest absolute Gasteiger partial charge is 0.260 e. The van der Waals surface area contributed by atoms with Crippen molar-refractivity contribution in [2.24, 2.45) is 0 Å². The van der Waals surface area contributed by atoms with Crippen molar-refractivity contribution >= 4 is 33.2 Å². The molecule has 3 aromatic rings. The number of rotatable bonds is 2. The third kappa shape index (κ3) is 3.11. The van der Waals surface area contributed by atoms with Crippen LogP contribution in [0.15, 0.2) is 16.9 Å². The predicted molar refractivity (Wildman–Crippen MR) is 111 cm³/mol. The summed E-state index contributed by atoms with van der Waals surface area (Å²) in [5.41, 5.74) is 5.83. The molecule has 0 radical (unpaired) electrons. The van der Waals surface area contributed by atoms with Gasteiger partial charge in [-0.2, -0.15) is 5.26 Å². The van der Waals surface area contributed by atoms with Gasteiger partial charge in [0.2, 0.25) is 0 Å². The van der Waals surface area contributed by atoms with Crippen molar-refractivity contribution in [3.8, 4) is 6.07 Å². The van der Waals surface area contributed by atoms with E-state index in [0.717, 1.165) is 51.7 Å². The molecule has 0 atom stereocenters. The molecule has 1 N–H and O–H groups in total. The van der Waals surface area contributed by atoms with E-state index in [-0.39, 0.29) is 5.56 Å². The molecule has 0 aliphatic heterocycles. The van der Waals surface area contributed by atoms with Crippen LogP contribution in [0.3, 0.4) is 0 Å². The second-order valence-electron chi connectivity index (χ2n) is 7.29. The molecule has 1 aromatic carbocycles. The van der Waals surface area contributed by atoms with Gasteiger partial charge in [0, 0.05) is 4.88 Å². The summed E-state index contributed by atoms with van der Waals surface area (Å²) < 4.78 is 0. The maximum absolute atomic E-state index is 12.8. The Morgan fingerprint density at radius 1 is 1.22 bits per heavy atom. The molecule has 1 aliphatic carbocycles. The van der Waals surface area contributed by atoms with Gasteiger partial charge >= 0.3 is 0 Å². The van der Waals surface area contributed by atoms with Gasteiger partial charge < -0.3 is 4.98 Å². The Labute approximate surface area is 162 Å². The first kappa shape index (κ1) is 17.7. The highest BCUT2D eigenvalue weighted by molar-refractivity contribution is 7.18. The summed E-state index contributed by atoms with van der Waals surface area (Å²) in [4.78, 5) is 22.3. The number of hydrogen-bond donors (Lipinski definition) is 1. The summed E-state index contributed by atoms with van der Waals surface area (Å²) in [6.45, 7) is 6.13. The van der Waals surface area contributed by atoms with Gasteiger partial charge in [0.1, 0.15) is 10.9 Å². The van der Waals surface area contributed by atoms with Crippen molar-refractivity contribution in [3.63, 3.8) is 0 Å². The van der Waals surface area contributed by atoms with E-state index in [9.17, 15) is 10.1 Å². The summed E-state index contributed by atoms with van der Waals surface area (Å²) in [5, 5.41) is 10.4. The minimum Gasteiger partial charge on any atom is -0.305 e. The van der Waals surface area contributed by atoms with E-state index in [1.54, 1.807) is 11.3 Å². The van der Waals surface area contributed by atoms with Gasteiger partial charge in [-0.1, -0.05) is 17.7 Å². The number of nitriles is 1. The number of thiophene rings is 1. The topological polar surface area (TPSA) is 69.5 Å². The molecule has 0 fully saturated rings. The van der Waals surface area contributed by atoms with Crippen molar-refractivity contribution in [2.75, 3.05) is 0 Å². The van der Waals surface area contributed by atoms with Crippen LogP contribution in [0.25, 0.3) is 21.9 Å². The molecule has 4 nitrogen and oxygen atoms in total. The van der Waals surface area contributed by atoms with E-state index in [2.05, 4.69) is 35.1 Å². The predicted octanol–water partition coefficient (Wildman–Crippen LogP) is 4.85. The molecule has 27 heavy (non-hydrogen) atoms. The average Bonchev–Trinajstić information content (AvgIpc) is 3.00. The highest BCUT2D eigenvalue weighted by Gasteiger charge is 2.20. The third-order valence-electron chi connectivity index (χ3n) is 5.23. The Morgan fingerprint density at radius 3 is 2.63 bits per heavy atom. The van der Waals surface area contributed by atoms with Gasteiger partial charge in [0.15, 0.2) is 5.82 Å². The molecule has 1 aliphatic rings. The minimum atomic E-state index is -0.132. The maximum Gasteiger partial charge on any atom is 0.260 e.